The van der Waals surface area contributed by atoms with E-state index < -0.39 is 35.7 Å². The molecular weight excluding hydrogens is 1880 g/mol. The van der Waals surface area contributed by atoms with Crippen molar-refractivity contribution in [3.63, 3.8) is 0 Å². The molecule has 0 aliphatic carbocycles. The van der Waals surface area contributed by atoms with Crippen molar-refractivity contribution < 1.29 is 70.3 Å². The number of aliphatic hydroxyl groups excluding tert-OH is 1. The number of methoxy groups -OCH3 is 1. The van der Waals surface area contributed by atoms with Crippen molar-refractivity contribution in [1.29, 1.82) is 0 Å². The summed E-state index contributed by atoms with van der Waals surface area (Å²) >= 11 is 0. The Morgan fingerprint density at radius 1 is 0.399 bits per heavy atom. The molecule has 3 saturated heterocycles. The quantitative estimate of drug-likeness (QED) is 0.0430. The topological polar surface area (TPSA) is 183 Å². The molecule has 26 heteroatoms. The summed E-state index contributed by atoms with van der Waals surface area (Å²) in [6, 6.07) is 71.5. The number of carbonyl (C=O) groups is 4. The summed E-state index contributed by atoms with van der Waals surface area (Å²) in [5.41, 5.74) is 21.6. The maximum absolute atomic E-state index is 13.5. The number of aliphatic hydroxyl groups is 1. The fourth-order valence-corrected chi connectivity index (χ4v) is 23.5. The molecule has 0 spiro atoms. The van der Waals surface area contributed by atoms with E-state index in [1.807, 2.05) is 65.6 Å². The van der Waals surface area contributed by atoms with Gasteiger partial charge in [-0.2, -0.15) is 26.3 Å². The van der Waals surface area contributed by atoms with Crippen molar-refractivity contribution in [1.82, 2.24) is 39.2 Å². The van der Waals surface area contributed by atoms with Crippen LogP contribution in [0.1, 0.15) is 235 Å². The van der Waals surface area contributed by atoms with Crippen LogP contribution in [0.4, 0.5) is 57.8 Å². The van der Waals surface area contributed by atoms with Gasteiger partial charge in [0, 0.05) is 172 Å². The number of alkyl halides is 6. The van der Waals surface area contributed by atoms with Gasteiger partial charge in [0.05, 0.1) is 42.8 Å². The van der Waals surface area contributed by atoms with E-state index >= 15 is 0 Å². The number of carboxylic acid groups (broad SMARTS) is 2. The van der Waals surface area contributed by atoms with E-state index in [1.165, 1.54) is 93.7 Å². The van der Waals surface area contributed by atoms with Crippen molar-refractivity contribution in [2.45, 2.75) is 218 Å². The highest BCUT2D eigenvalue weighted by molar-refractivity contribution is 5.73. The number of benzene rings is 10. The Morgan fingerprint density at radius 3 is 1.35 bits per heavy atom. The maximum Gasteiger partial charge on any atom is 0.416 e. The molecule has 148 heavy (non-hydrogen) atoms. The minimum atomic E-state index is -4.40. The van der Waals surface area contributed by atoms with Gasteiger partial charge < -0.3 is 59.1 Å². The second kappa shape index (κ2) is 47.6. The number of hydrogen-bond donors (Lipinski definition) is 3. The maximum atomic E-state index is 13.5. The molecule has 8 aliphatic heterocycles. The molecule has 8 aliphatic rings. The number of rotatable bonds is 22. The number of carbonyl (C=O) groups excluding carboxylic acids is 2. The predicted octanol–water partition coefficient (Wildman–Crippen LogP) is 24.4. The van der Waals surface area contributed by atoms with Crippen molar-refractivity contribution in [3.05, 3.63) is 313 Å². The minimum Gasteiger partial charge on any atom is -0.469 e. The average Bonchev–Trinajstić information content (AvgIpc) is 0.789. The van der Waals surface area contributed by atoms with E-state index in [4.69, 9.17) is 14.6 Å². The predicted molar refractivity (Wildman–Crippen MR) is 579 cm³/mol. The first-order valence-corrected chi connectivity index (χ1v) is 53.2. The Morgan fingerprint density at radius 2 is 0.831 bits per heavy atom. The van der Waals surface area contributed by atoms with Crippen molar-refractivity contribution in [3.8, 4) is 22.3 Å². The van der Waals surface area contributed by atoms with Crippen LogP contribution >= 0.6 is 0 Å². The highest BCUT2D eigenvalue weighted by Gasteiger charge is 2.45. The number of anilines is 3. The average molecular weight is 2030 g/mol. The largest absolute Gasteiger partial charge is 0.469 e. The minimum absolute atomic E-state index is 0.00170. The summed E-state index contributed by atoms with van der Waals surface area (Å²) < 4.78 is 89.1. The first kappa shape index (κ1) is 110. The third kappa shape index (κ3) is 26.8. The van der Waals surface area contributed by atoms with E-state index in [9.17, 15) is 55.7 Å². The van der Waals surface area contributed by atoms with Gasteiger partial charge in [-0.25, -0.2) is 14.4 Å². The molecule has 10 aromatic carbocycles. The van der Waals surface area contributed by atoms with Gasteiger partial charge in [-0.3, -0.25) is 24.4 Å². The lowest BCUT2D eigenvalue weighted by Crippen LogP contribution is -2.47. The van der Waals surface area contributed by atoms with Gasteiger partial charge in [-0.15, -0.1) is 0 Å². The number of ether oxygens (including phenoxy) is 2. The summed E-state index contributed by atoms with van der Waals surface area (Å²) in [7, 11) is 3.59. The van der Waals surface area contributed by atoms with Gasteiger partial charge in [0.25, 0.3) is 0 Å². The molecular formula is C122H153F6N11O9. The lowest BCUT2D eigenvalue weighted by atomic mass is 9.72. The van der Waals surface area contributed by atoms with Crippen LogP contribution in [0.5, 0.6) is 0 Å². The van der Waals surface area contributed by atoms with E-state index in [2.05, 4.69) is 245 Å². The Labute approximate surface area is 872 Å². The van der Waals surface area contributed by atoms with E-state index in [-0.39, 0.29) is 70.5 Å². The molecule has 8 heterocycles. The number of esters is 1. The first-order chi connectivity index (χ1) is 70.5. The van der Waals surface area contributed by atoms with Gasteiger partial charge in [0.2, 0.25) is 0 Å². The molecule has 20 nitrogen and oxygen atoms in total. The van der Waals surface area contributed by atoms with Crippen molar-refractivity contribution in [2.24, 2.45) is 0 Å². The zero-order valence-corrected chi connectivity index (χ0v) is 89.1. The lowest BCUT2D eigenvalue weighted by molar-refractivity contribution is -0.141. The molecule has 0 bridgehead atoms. The Kier molecular flexibility index (Phi) is 35.5. The number of halogens is 6. The fraction of sp³-hybridized carbons (Fsp3) is 0.475. The van der Waals surface area contributed by atoms with Crippen molar-refractivity contribution in [2.75, 3.05) is 173 Å². The first-order valence-electron chi connectivity index (χ1n) is 53.2. The molecule has 3 fully saturated rings. The molecule has 0 aromatic heterocycles. The third-order valence-electron chi connectivity index (χ3n) is 32.0. The molecule has 0 saturated carbocycles. The van der Waals surface area contributed by atoms with Gasteiger partial charge in [-0.05, 0) is 261 Å². The van der Waals surface area contributed by atoms with Gasteiger partial charge in [0.15, 0.2) is 0 Å². The SMILES string of the molecule is CC1(C)CN(CCCO)Cc2cc(-c3ccc(C(F)(F)F)cc3)ccc21.CCCN1CC(C)(C)c2ccc(-c3ccc(C(F)(F)F)cc3)cc2C1c1ccccc1CC1c2cc(N3CCN(C)CC3)ccc2C(C)(C)CCN1C(=O)O.CCCN1CCN(c2ccc3c(c2)C(Cc2ccccc2)N(C(=O)O)CCC3(C)C)CC1.COC(=O)CCN1CCN(c2ccc3c(c2)CN(C(=O)OCc2ccccc2)CCC3(C)C)CC1. The molecule has 3 atom stereocenters. The summed E-state index contributed by atoms with van der Waals surface area (Å²) in [6.07, 6.45) is -3.73. The number of fused-ring (bicyclic) bond motifs is 5. The van der Waals surface area contributed by atoms with Crippen LogP contribution in [-0.4, -0.2) is 237 Å². The summed E-state index contributed by atoms with van der Waals surface area (Å²) in [6.45, 7) is 47.4. The van der Waals surface area contributed by atoms with Crippen LogP contribution in [0.2, 0.25) is 0 Å². The summed E-state index contributed by atoms with van der Waals surface area (Å²) in [4.78, 5) is 74.4. The standard InChI is InChI=1S/C46H55F3N4O2.C28H37N3O4.C27H37N3O2.C21H24F3NO/c1-7-21-52-30-45(4,5)40-18-14-32(31-12-15-34(16-13-31)46(47,48)49)27-38(40)42(52)36-11-9-8-10-33(36)28-41-37-29-35(51-25-23-50(6)24-26-51)17-19-39(37)44(2,3)20-22-53(41)43(54)55;1-28(2)12-14-31(27(33)35-21-22-7-5-4-6-8-22)20-23-19-24(9-10-25(23)28)30-17-15-29(16-18-30)13-11-26(32)34-3;1-4-13-28-15-17-29(18-16-28)22-10-11-24-23(20-22)25(19-21-8-6-5-7-9-21)30(26(31)32)14-12-27(24,2)3;1-20(2)14-25(10-3-11-26)13-17-12-16(6-9-19(17)20)15-4-7-18(8-5-15)21(22,23)24/h8-19,27,29,41-42H,7,20-26,28,30H2,1-6H3,(H,54,55);4-10,19H,11-18,20-21H2,1-3H3;5-11,20,25H,4,12-19H2,1-3H3,(H,31,32);4-9,12,26H,3,10-11,13-14H2,1-2H3. The van der Waals surface area contributed by atoms with Crippen LogP contribution < -0.4 is 14.7 Å². The third-order valence-corrected chi connectivity index (χ3v) is 32.0. The Bertz CT molecular complexity index is 6150. The smallest absolute Gasteiger partial charge is 0.416 e. The lowest BCUT2D eigenvalue weighted by Gasteiger charge is -2.46. The highest BCUT2D eigenvalue weighted by atomic mass is 19.4. The fourth-order valence-electron chi connectivity index (χ4n) is 23.5. The number of hydrogen-bond acceptors (Lipinski definition) is 15. The van der Waals surface area contributed by atoms with Crippen molar-refractivity contribution >= 4 is 41.3 Å². The van der Waals surface area contributed by atoms with Crippen LogP contribution in [0.25, 0.3) is 22.3 Å². The number of amides is 3. The summed E-state index contributed by atoms with van der Waals surface area (Å²) in [5, 5.41) is 30.0. The molecule has 18 rings (SSSR count). The molecule has 3 amide bonds. The molecule has 792 valence electrons. The van der Waals surface area contributed by atoms with Crippen LogP contribution in [-0.2, 0) is 86.2 Å². The normalized spacial score (nSPS) is 19.8. The number of likely N-dealkylation sites (N-methyl/N-ethyl adjacent to an activating group) is 1. The monoisotopic (exact) mass is 2030 g/mol. The van der Waals surface area contributed by atoms with E-state index in [1.54, 1.807) is 21.9 Å². The second-order valence-corrected chi connectivity index (χ2v) is 44.9. The van der Waals surface area contributed by atoms with E-state index in [0.29, 0.717) is 45.4 Å². The number of nitrogens with zero attached hydrogens (tertiary/aromatic N) is 11. The summed E-state index contributed by atoms with van der Waals surface area (Å²) in [5.74, 6) is -0.160. The van der Waals surface area contributed by atoms with Gasteiger partial charge in [0.1, 0.15) is 6.61 Å². The highest BCUT2D eigenvalue weighted by Crippen LogP contribution is 2.51. The zero-order valence-electron chi connectivity index (χ0n) is 89.1. The van der Waals surface area contributed by atoms with Crippen LogP contribution in [0.15, 0.2) is 224 Å². The Hall–Kier alpha value is -11.8. The van der Waals surface area contributed by atoms with Gasteiger partial charge >= 0.3 is 36.6 Å². The zero-order chi connectivity index (χ0) is 106. The molecule has 3 N–H and O–H groups in total. The Balaban J connectivity index is 0.000000154. The van der Waals surface area contributed by atoms with Gasteiger partial charge in [-0.1, -0.05) is 235 Å². The van der Waals surface area contributed by atoms with Crippen LogP contribution in [0.3, 0.4) is 0 Å². The molecule has 0 radical (unpaired) electrons. The van der Waals surface area contributed by atoms with E-state index in [0.717, 1.165) is 230 Å². The molecule has 3 unspecified atom stereocenters. The van der Waals surface area contributed by atoms with Crippen LogP contribution in [0, 0.1) is 0 Å². The molecule has 10 aromatic rings. The second-order valence-electron chi connectivity index (χ2n) is 44.9. The number of piperazine rings is 3.